The van der Waals surface area contributed by atoms with Crippen molar-refractivity contribution in [2.75, 3.05) is 0 Å². The molecule has 4 nitrogen and oxygen atoms in total. The van der Waals surface area contributed by atoms with Crippen LogP contribution in [0.1, 0.15) is 18.4 Å². The van der Waals surface area contributed by atoms with Gasteiger partial charge in [-0.15, -0.1) is 0 Å². The van der Waals surface area contributed by atoms with Crippen molar-refractivity contribution >= 4 is 34.4 Å². The van der Waals surface area contributed by atoms with E-state index in [1.165, 1.54) is 10.9 Å². The predicted octanol–water partition coefficient (Wildman–Crippen LogP) is 4.70. The lowest BCUT2D eigenvalue weighted by molar-refractivity contribution is -0.144. The fourth-order valence-electron chi connectivity index (χ4n) is 2.19. The number of fused-ring (bicyclic) bond motifs is 1. The first-order valence-electron chi connectivity index (χ1n) is 6.58. The third kappa shape index (κ3) is 2.74. The van der Waals surface area contributed by atoms with Crippen LogP contribution in [0.15, 0.2) is 24.5 Å². The summed E-state index contributed by atoms with van der Waals surface area (Å²) in [5, 5.41) is 0.491. The van der Waals surface area contributed by atoms with Gasteiger partial charge >= 0.3 is 6.18 Å². The maximum atomic E-state index is 13.0. The minimum atomic E-state index is -4.65. The molecule has 1 aromatic carbocycles. The first-order valence-corrected chi connectivity index (χ1v) is 7.34. The lowest BCUT2D eigenvalue weighted by Crippen LogP contribution is -2.13. The summed E-state index contributed by atoms with van der Waals surface area (Å²) in [4.78, 5) is 11.3. The van der Waals surface area contributed by atoms with Crippen molar-refractivity contribution in [3.05, 3.63) is 46.1 Å². The zero-order valence-electron chi connectivity index (χ0n) is 11.7. The van der Waals surface area contributed by atoms with Crippen molar-refractivity contribution in [2.45, 2.75) is 19.5 Å². The van der Waals surface area contributed by atoms with Gasteiger partial charge in [-0.1, -0.05) is 36.2 Å². The summed E-state index contributed by atoms with van der Waals surface area (Å²) in [5.41, 5.74) is 0.958. The van der Waals surface area contributed by atoms with Gasteiger partial charge in [-0.05, 0) is 18.6 Å². The van der Waals surface area contributed by atoms with Crippen LogP contribution in [0.3, 0.4) is 0 Å². The standard InChI is InChI=1S/C14H9Cl2F3N4/c1-2-8-11-12(22-13(21-8)14(17,18)19)23(6-20-11)9-5-3-4-7(15)10(9)16/h3-6H,2H2,1H3. The van der Waals surface area contributed by atoms with Gasteiger partial charge in [0.15, 0.2) is 5.65 Å². The summed E-state index contributed by atoms with van der Waals surface area (Å²) in [6.45, 7) is 1.70. The van der Waals surface area contributed by atoms with Gasteiger partial charge in [0.2, 0.25) is 5.82 Å². The lowest BCUT2D eigenvalue weighted by Gasteiger charge is -2.10. The SMILES string of the molecule is CCc1nc(C(F)(F)F)nc2c1ncn2-c1cccc(Cl)c1Cl. The van der Waals surface area contributed by atoms with Crippen LogP contribution in [0.4, 0.5) is 13.2 Å². The molecule has 2 aromatic heterocycles. The van der Waals surface area contributed by atoms with E-state index in [9.17, 15) is 13.2 Å². The van der Waals surface area contributed by atoms with Gasteiger partial charge in [0, 0.05) is 0 Å². The molecule has 0 unspecified atom stereocenters. The van der Waals surface area contributed by atoms with E-state index >= 15 is 0 Å². The maximum absolute atomic E-state index is 13.0. The normalized spacial score (nSPS) is 12.1. The topological polar surface area (TPSA) is 43.6 Å². The molecule has 0 atom stereocenters. The number of imidazole rings is 1. The molecular weight excluding hydrogens is 352 g/mol. The number of alkyl halides is 3. The van der Waals surface area contributed by atoms with Crippen LogP contribution >= 0.6 is 23.2 Å². The van der Waals surface area contributed by atoms with Crippen molar-refractivity contribution < 1.29 is 13.2 Å². The Hall–Kier alpha value is -1.86. The molecule has 0 saturated heterocycles. The zero-order valence-corrected chi connectivity index (χ0v) is 13.2. The molecule has 23 heavy (non-hydrogen) atoms. The Morgan fingerprint density at radius 3 is 2.57 bits per heavy atom. The second-order valence-electron chi connectivity index (χ2n) is 4.70. The average Bonchev–Trinajstić information content (AvgIpc) is 2.92. The molecule has 0 spiro atoms. The van der Waals surface area contributed by atoms with Gasteiger partial charge in [-0.25, -0.2) is 15.0 Å². The number of nitrogens with zero attached hydrogens (tertiary/aromatic N) is 4. The second kappa shape index (κ2) is 5.65. The highest BCUT2D eigenvalue weighted by atomic mass is 35.5. The minimum absolute atomic E-state index is 0.0355. The summed E-state index contributed by atoms with van der Waals surface area (Å²) in [6, 6.07) is 4.85. The molecule has 3 rings (SSSR count). The Kier molecular flexibility index (Phi) is 3.93. The molecule has 0 fully saturated rings. The Morgan fingerprint density at radius 2 is 1.91 bits per heavy atom. The highest BCUT2D eigenvalue weighted by Gasteiger charge is 2.36. The predicted molar refractivity (Wildman–Crippen MR) is 81.1 cm³/mol. The molecule has 0 aliphatic rings. The molecule has 0 amide bonds. The van der Waals surface area contributed by atoms with Gasteiger partial charge in [0.1, 0.15) is 11.8 Å². The van der Waals surface area contributed by atoms with Crippen molar-refractivity contribution in [3.8, 4) is 5.69 Å². The van der Waals surface area contributed by atoms with Crippen molar-refractivity contribution in [2.24, 2.45) is 0 Å². The summed E-state index contributed by atoms with van der Waals surface area (Å²) >= 11 is 12.1. The van der Waals surface area contributed by atoms with E-state index in [2.05, 4.69) is 15.0 Å². The first kappa shape index (κ1) is 16.0. The van der Waals surface area contributed by atoms with Crippen LogP contribution in [0.5, 0.6) is 0 Å². The fraction of sp³-hybridized carbons (Fsp3) is 0.214. The van der Waals surface area contributed by atoms with Crippen LogP contribution in [-0.4, -0.2) is 19.5 Å². The number of benzene rings is 1. The molecule has 0 aliphatic heterocycles. The van der Waals surface area contributed by atoms with Gasteiger partial charge in [0.05, 0.1) is 21.4 Å². The van der Waals surface area contributed by atoms with Crippen LogP contribution in [0.25, 0.3) is 16.9 Å². The van der Waals surface area contributed by atoms with Crippen LogP contribution < -0.4 is 0 Å². The molecule has 120 valence electrons. The minimum Gasteiger partial charge on any atom is -0.282 e. The molecule has 0 radical (unpaired) electrons. The number of hydrogen-bond donors (Lipinski definition) is 0. The quantitative estimate of drug-likeness (QED) is 0.664. The Balaban J connectivity index is 2.33. The third-order valence-electron chi connectivity index (χ3n) is 3.25. The van der Waals surface area contributed by atoms with E-state index in [-0.39, 0.29) is 21.4 Å². The van der Waals surface area contributed by atoms with Gasteiger partial charge in [-0.2, -0.15) is 13.2 Å². The monoisotopic (exact) mass is 360 g/mol. The third-order valence-corrected chi connectivity index (χ3v) is 4.06. The highest BCUT2D eigenvalue weighted by molar-refractivity contribution is 6.43. The van der Waals surface area contributed by atoms with E-state index in [4.69, 9.17) is 23.2 Å². The second-order valence-corrected chi connectivity index (χ2v) is 5.49. The smallest absolute Gasteiger partial charge is 0.282 e. The van der Waals surface area contributed by atoms with Gasteiger partial charge < -0.3 is 0 Å². The zero-order chi connectivity index (χ0) is 16.8. The molecule has 0 N–H and O–H groups in total. The van der Waals surface area contributed by atoms with Crippen LogP contribution in [0, 0.1) is 0 Å². The number of hydrogen-bond acceptors (Lipinski definition) is 3. The Labute approximate surface area is 138 Å². The van der Waals surface area contributed by atoms with Gasteiger partial charge in [0.25, 0.3) is 0 Å². The molecule has 0 aliphatic carbocycles. The van der Waals surface area contributed by atoms with Crippen molar-refractivity contribution in [3.63, 3.8) is 0 Å². The van der Waals surface area contributed by atoms with Crippen molar-refractivity contribution in [1.29, 1.82) is 0 Å². The maximum Gasteiger partial charge on any atom is 0.451 e. The number of halogens is 5. The molecule has 0 saturated carbocycles. The molecule has 9 heteroatoms. The fourth-order valence-corrected chi connectivity index (χ4v) is 2.57. The number of aromatic nitrogens is 4. The highest BCUT2D eigenvalue weighted by Crippen LogP contribution is 2.32. The van der Waals surface area contributed by atoms with Gasteiger partial charge in [-0.3, -0.25) is 4.57 Å². The van der Waals surface area contributed by atoms with Crippen molar-refractivity contribution in [1.82, 2.24) is 19.5 Å². The van der Waals surface area contributed by atoms with E-state index in [0.29, 0.717) is 17.6 Å². The average molecular weight is 361 g/mol. The lowest BCUT2D eigenvalue weighted by atomic mass is 10.2. The molecule has 3 aromatic rings. The Bertz CT molecular complexity index is 890. The van der Waals surface area contributed by atoms with E-state index < -0.39 is 12.0 Å². The molecular formula is C14H9Cl2F3N4. The number of aryl methyl sites for hydroxylation is 1. The van der Waals surface area contributed by atoms with Crippen LogP contribution in [0.2, 0.25) is 10.0 Å². The van der Waals surface area contributed by atoms with E-state index in [1.54, 1.807) is 25.1 Å². The Morgan fingerprint density at radius 1 is 1.17 bits per heavy atom. The van der Waals surface area contributed by atoms with E-state index in [1.807, 2.05) is 0 Å². The molecule has 0 bridgehead atoms. The summed E-state index contributed by atoms with van der Waals surface area (Å²) < 4.78 is 40.4. The largest absolute Gasteiger partial charge is 0.451 e. The summed E-state index contributed by atoms with van der Waals surface area (Å²) in [6.07, 6.45) is -3.00. The van der Waals surface area contributed by atoms with Crippen LogP contribution in [-0.2, 0) is 12.6 Å². The first-order chi connectivity index (χ1) is 10.8. The summed E-state index contributed by atoms with van der Waals surface area (Å²) in [5.74, 6) is -1.21. The summed E-state index contributed by atoms with van der Waals surface area (Å²) in [7, 11) is 0. The number of rotatable bonds is 2. The molecule has 2 heterocycles. The van der Waals surface area contributed by atoms with E-state index in [0.717, 1.165) is 0 Å².